The summed E-state index contributed by atoms with van der Waals surface area (Å²) >= 11 is 0. The number of nitriles is 1. The second-order valence-electron chi connectivity index (χ2n) is 5.04. The molecule has 1 fully saturated rings. The van der Waals surface area contributed by atoms with Gasteiger partial charge in [0.1, 0.15) is 0 Å². The summed E-state index contributed by atoms with van der Waals surface area (Å²) in [4.78, 5) is 2.48. The van der Waals surface area contributed by atoms with Crippen molar-refractivity contribution >= 4 is 9.84 Å². The number of piperazine rings is 1. The van der Waals surface area contributed by atoms with Crippen LogP contribution in [0.4, 0.5) is 0 Å². The van der Waals surface area contributed by atoms with Gasteiger partial charge < -0.3 is 5.32 Å². The summed E-state index contributed by atoms with van der Waals surface area (Å²) in [6.07, 6.45) is 0. The maximum absolute atomic E-state index is 12.3. The van der Waals surface area contributed by atoms with Crippen molar-refractivity contribution < 1.29 is 8.42 Å². The van der Waals surface area contributed by atoms with E-state index in [4.69, 9.17) is 5.26 Å². The number of sulfone groups is 1. The van der Waals surface area contributed by atoms with Crippen LogP contribution in [0, 0.1) is 11.3 Å². The van der Waals surface area contributed by atoms with E-state index in [-0.39, 0.29) is 5.75 Å². The molecule has 1 aliphatic heterocycles. The van der Waals surface area contributed by atoms with E-state index in [9.17, 15) is 8.42 Å². The first-order valence-electron chi connectivity index (χ1n) is 6.70. The Hall–Kier alpha value is -1.42. The fourth-order valence-corrected chi connectivity index (χ4v) is 3.57. The highest BCUT2D eigenvalue weighted by Gasteiger charge is 2.21. The summed E-state index contributed by atoms with van der Waals surface area (Å²) < 4.78 is 24.5. The molecule has 0 unspecified atom stereocenters. The summed E-state index contributed by atoms with van der Waals surface area (Å²) in [5, 5.41) is 12.0. The van der Waals surface area contributed by atoms with Crippen molar-refractivity contribution in [2.75, 3.05) is 31.9 Å². The van der Waals surface area contributed by atoms with Crippen molar-refractivity contribution in [3.05, 3.63) is 29.8 Å². The minimum absolute atomic E-state index is 0.114. The van der Waals surface area contributed by atoms with Gasteiger partial charge in [-0.05, 0) is 31.2 Å². The zero-order valence-corrected chi connectivity index (χ0v) is 12.4. The molecule has 0 spiro atoms. The molecule has 0 amide bonds. The quantitative estimate of drug-likeness (QED) is 0.881. The molecule has 1 atom stereocenters. The molecule has 6 heteroatoms. The van der Waals surface area contributed by atoms with Gasteiger partial charge in [-0.1, -0.05) is 0 Å². The molecule has 108 valence electrons. The molecule has 1 aromatic carbocycles. The van der Waals surface area contributed by atoms with Crippen molar-refractivity contribution in [3.63, 3.8) is 0 Å². The van der Waals surface area contributed by atoms with Gasteiger partial charge in [0.2, 0.25) is 0 Å². The van der Waals surface area contributed by atoms with Crippen molar-refractivity contribution in [2.45, 2.75) is 17.9 Å². The highest BCUT2D eigenvalue weighted by atomic mass is 32.2. The van der Waals surface area contributed by atoms with E-state index in [0.29, 0.717) is 23.0 Å². The molecule has 0 aliphatic carbocycles. The highest BCUT2D eigenvalue weighted by molar-refractivity contribution is 7.91. The van der Waals surface area contributed by atoms with Crippen LogP contribution in [0.2, 0.25) is 0 Å². The van der Waals surface area contributed by atoms with Crippen molar-refractivity contribution in [1.29, 1.82) is 5.26 Å². The normalized spacial score (nSPS) is 20.5. The molecule has 0 bridgehead atoms. The van der Waals surface area contributed by atoms with E-state index in [2.05, 4.69) is 17.1 Å². The summed E-state index contributed by atoms with van der Waals surface area (Å²) in [5.41, 5.74) is 0.472. The first-order valence-corrected chi connectivity index (χ1v) is 8.36. The Labute approximate surface area is 120 Å². The average Bonchev–Trinajstić information content (AvgIpc) is 2.46. The topological polar surface area (TPSA) is 73.2 Å². The van der Waals surface area contributed by atoms with Crippen molar-refractivity contribution in [1.82, 2.24) is 10.2 Å². The van der Waals surface area contributed by atoms with Gasteiger partial charge in [0.25, 0.3) is 0 Å². The van der Waals surface area contributed by atoms with Crippen LogP contribution in [0.3, 0.4) is 0 Å². The standard InChI is InChI=1S/C14H19N3O2S/c1-12-11-16-6-7-17(12)8-9-20(18,19)14-4-2-13(10-15)3-5-14/h2-5,12,16H,6-9,11H2,1H3/t12-/m0/s1. The van der Waals surface area contributed by atoms with E-state index >= 15 is 0 Å². The summed E-state index contributed by atoms with van der Waals surface area (Å²) in [7, 11) is -3.28. The fraction of sp³-hybridized carbons (Fsp3) is 0.500. The third kappa shape index (κ3) is 3.57. The Balaban J connectivity index is 2.01. The van der Waals surface area contributed by atoms with Gasteiger partial charge in [-0.2, -0.15) is 5.26 Å². The Morgan fingerprint density at radius 2 is 2.10 bits per heavy atom. The maximum atomic E-state index is 12.3. The number of hydrogen-bond acceptors (Lipinski definition) is 5. The minimum atomic E-state index is -3.28. The molecule has 1 N–H and O–H groups in total. The Morgan fingerprint density at radius 3 is 2.70 bits per heavy atom. The second-order valence-corrected chi connectivity index (χ2v) is 7.15. The van der Waals surface area contributed by atoms with Crippen LogP contribution in [0.25, 0.3) is 0 Å². The molecule has 0 radical (unpaired) electrons. The molecule has 1 aromatic rings. The van der Waals surface area contributed by atoms with Gasteiger partial charge in [-0.3, -0.25) is 4.90 Å². The van der Waals surface area contributed by atoms with Gasteiger partial charge in [-0.15, -0.1) is 0 Å². The van der Waals surface area contributed by atoms with Gasteiger partial charge >= 0.3 is 0 Å². The number of rotatable bonds is 4. The van der Waals surface area contributed by atoms with Crippen LogP contribution in [-0.4, -0.2) is 51.3 Å². The molecular weight excluding hydrogens is 274 g/mol. The average molecular weight is 293 g/mol. The first kappa shape index (κ1) is 15.0. The van der Waals surface area contributed by atoms with Crippen LogP contribution in [-0.2, 0) is 9.84 Å². The van der Waals surface area contributed by atoms with Gasteiger partial charge in [-0.25, -0.2) is 8.42 Å². The number of nitrogens with one attached hydrogen (secondary N) is 1. The Kier molecular flexibility index (Phi) is 4.76. The molecule has 1 aliphatic rings. The lowest BCUT2D eigenvalue weighted by Crippen LogP contribution is -2.50. The summed E-state index contributed by atoms with van der Waals surface area (Å²) in [5.74, 6) is 0.114. The maximum Gasteiger partial charge on any atom is 0.179 e. The molecule has 1 heterocycles. The summed E-state index contributed by atoms with van der Waals surface area (Å²) in [6.45, 7) is 5.33. The van der Waals surface area contributed by atoms with Crippen LogP contribution in [0.15, 0.2) is 29.2 Å². The minimum Gasteiger partial charge on any atom is -0.314 e. The largest absolute Gasteiger partial charge is 0.314 e. The van der Waals surface area contributed by atoms with Gasteiger partial charge in [0.05, 0.1) is 22.3 Å². The molecule has 5 nitrogen and oxygen atoms in total. The van der Waals surface area contributed by atoms with Crippen LogP contribution >= 0.6 is 0 Å². The lowest BCUT2D eigenvalue weighted by atomic mass is 10.2. The molecule has 0 saturated carbocycles. The predicted molar refractivity (Wildman–Crippen MR) is 77.1 cm³/mol. The highest BCUT2D eigenvalue weighted by Crippen LogP contribution is 2.13. The van der Waals surface area contributed by atoms with Crippen LogP contribution in [0.1, 0.15) is 12.5 Å². The van der Waals surface area contributed by atoms with E-state index < -0.39 is 9.84 Å². The third-order valence-corrected chi connectivity index (χ3v) is 5.34. The Bertz CT molecular complexity index is 590. The smallest absolute Gasteiger partial charge is 0.179 e. The third-order valence-electron chi connectivity index (χ3n) is 3.63. The molecule has 20 heavy (non-hydrogen) atoms. The molecular formula is C14H19N3O2S. The number of nitrogens with zero attached hydrogens (tertiary/aromatic N) is 2. The van der Waals surface area contributed by atoms with Gasteiger partial charge in [0, 0.05) is 32.2 Å². The second kappa shape index (κ2) is 6.35. The summed E-state index contributed by atoms with van der Waals surface area (Å²) in [6, 6.07) is 8.45. The van der Waals surface area contributed by atoms with Crippen LogP contribution < -0.4 is 5.32 Å². The SMILES string of the molecule is C[C@H]1CNCCN1CCS(=O)(=O)c1ccc(C#N)cc1. The lowest BCUT2D eigenvalue weighted by Gasteiger charge is -2.33. The monoisotopic (exact) mass is 293 g/mol. The zero-order valence-electron chi connectivity index (χ0n) is 11.5. The predicted octanol–water partition coefficient (Wildman–Crippen LogP) is 0.626. The number of hydrogen-bond donors (Lipinski definition) is 1. The molecule has 0 aromatic heterocycles. The van der Waals surface area contributed by atoms with Crippen molar-refractivity contribution in [3.8, 4) is 6.07 Å². The van der Waals surface area contributed by atoms with E-state index in [1.165, 1.54) is 12.1 Å². The number of benzene rings is 1. The molecule has 1 saturated heterocycles. The zero-order chi connectivity index (χ0) is 14.6. The Morgan fingerprint density at radius 1 is 1.40 bits per heavy atom. The molecule has 2 rings (SSSR count). The lowest BCUT2D eigenvalue weighted by molar-refractivity contribution is 0.184. The van der Waals surface area contributed by atoms with E-state index in [1.807, 2.05) is 6.07 Å². The van der Waals surface area contributed by atoms with Gasteiger partial charge in [0.15, 0.2) is 9.84 Å². The van der Waals surface area contributed by atoms with Crippen LogP contribution in [0.5, 0.6) is 0 Å². The van der Waals surface area contributed by atoms with E-state index in [1.54, 1.807) is 12.1 Å². The fourth-order valence-electron chi connectivity index (χ4n) is 2.31. The van der Waals surface area contributed by atoms with Crippen molar-refractivity contribution in [2.24, 2.45) is 0 Å². The first-order chi connectivity index (χ1) is 9.53. The van der Waals surface area contributed by atoms with E-state index in [0.717, 1.165) is 19.6 Å².